The number of aliphatic imine (C=N–C) groups is 1. The Morgan fingerprint density at radius 1 is 0.979 bits per heavy atom. The van der Waals surface area contributed by atoms with Gasteiger partial charge in [-0.1, -0.05) is 36.4 Å². The lowest BCUT2D eigenvalue weighted by molar-refractivity contribution is -0.130. The van der Waals surface area contributed by atoms with Crippen molar-refractivity contribution in [3.8, 4) is 11.1 Å². The quantitative estimate of drug-likeness (QED) is 0.211. The number of anilines is 1. The third-order valence-electron chi connectivity index (χ3n) is 8.64. The number of hydrogen-bond donors (Lipinski definition) is 3. The van der Waals surface area contributed by atoms with E-state index in [-0.39, 0.29) is 23.7 Å². The van der Waals surface area contributed by atoms with E-state index in [1.165, 1.54) is 0 Å². The maximum absolute atomic E-state index is 13.7. The summed E-state index contributed by atoms with van der Waals surface area (Å²) < 4.78 is 5.35. The number of aryl methyl sites for hydroxylation is 2. The molecule has 47 heavy (non-hydrogen) atoms. The molecule has 0 aliphatic heterocycles. The first kappa shape index (κ1) is 35.3. The molecule has 1 saturated carbocycles. The Morgan fingerprint density at radius 2 is 1.64 bits per heavy atom. The molecule has 1 heterocycles. The molecule has 2 aromatic carbocycles. The Labute approximate surface area is 279 Å². The molecule has 1 aliphatic rings. The molecule has 1 aliphatic carbocycles. The lowest BCUT2D eigenvalue weighted by Gasteiger charge is -2.29. The molecule has 1 atom stereocenters. The van der Waals surface area contributed by atoms with E-state index in [4.69, 9.17) is 4.74 Å². The van der Waals surface area contributed by atoms with Crippen molar-refractivity contribution in [2.75, 3.05) is 18.9 Å². The smallest absolute Gasteiger partial charge is 0.407 e. The molecule has 250 valence electrons. The number of benzene rings is 2. The maximum Gasteiger partial charge on any atom is 0.407 e. The van der Waals surface area contributed by atoms with Crippen molar-refractivity contribution in [3.63, 3.8) is 0 Å². The molecule has 9 heteroatoms. The van der Waals surface area contributed by atoms with Crippen molar-refractivity contribution in [1.82, 2.24) is 15.6 Å². The Kier molecular flexibility index (Phi) is 11.9. The van der Waals surface area contributed by atoms with Crippen molar-refractivity contribution < 1.29 is 19.1 Å². The monoisotopic (exact) mass is 639 g/mol. The van der Waals surface area contributed by atoms with Gasteiger partial charge < -0.3 is 20.7 Å². The number of amides is 3. The van der Waals surface area contributed by atoms with E-state index < -0.39 is 17.7 Å². The zero-order valence-electron chi connectivity index (χ0n) is 28.8. The number of alkyl carbamates (subject to hydrolysis) is 1. The van der Waals surface area contributed by atoms with Gasteiger partial charge in [-0.2, -0.15) is 0 Å². The molecule has 0 bridgehead atoms. The van der Waals surface area contributed by atoms with E-state index in [1.807, 2.05) is 89.3 Å². The summed E-state index contributed by atoms with van der Waals surface area (Å²) in [5.41, 5.74) is 7.16. The number of hydrogen-bond acceptors (Lipinski definition) is 6. The van der Waals surface area contributed by atoms with Gasteiger partial charge in [-0.25, -0.2) is 4.79 Å². The fraction of sp³-hybridized carbons (Fsp3) is 0.447. The van der Waals surface area contributed by atoms with Gasteiger partial charge >= 0.3 is 6.09 Å². The highest BCUT2D eigenvalue weighted by Gasteiger charge is 2.30. The first-order valence-electron chi connectivity index (χ1n) is 16.5. The van der Waals surface area contributed by atoms with Gasteiger partial charge in [0.25, 0.3) is 0 Å². The first-order valence-corrected chi connectivity index (χ1v) is 16.5. The molecular weight excluding hydrogens is 590 g/mol. The molecule has 3 amide bonds. The summed E-state index contributed by atoms with van der Waals surface area (Å²) in [6, 6.07) is 16.9. The molecule has 9 nitrogen and oxygen atoms in total. The highest BCUT2D eigenvalue weighted by Crippen LogP contribution is 2.29. The number of carbonyl (C=O) groups is 3. The van der Waals surface area contributed by atoms with E-state index in [1.54, 1.807) is 7.05 Å². The summed E-state index contributed by atoms with van der Waals surface area (Å²) in [6.07, 6.45) is 4.82. The highest BCUT2D eigenvalue weighted by molar-refractivity contribution is 6.00. The Bertz CT molecular complexity index is 1570. The number of ether oxygens (including phenoxy) is 1. The molecule has 4 rings (SSSR count). The van der Waals surface area contributed by atoms with Crippen LogP contribution in [-0.4, -0.2) is 53.8 Å². The van der Waals surface area contributed by atoms with Crippen LogP contribution in [0.5, 0.6) is 0 Å². The molecule has 1 fully saturated rings. The van der Waals surface area contributed by atoms with Crippen LogP contribution in [0, 0.1) is 25.7 Å². The topological polar surface area (TPSA) is 122 Å². The average molecular weight is 640 g/mol. The van der Waals surface area contributed by atoms with Crippen LogP contribution in [0.1, 0.15) is 75.8 Å². The zero-order valence-corrected chi connectivity index (χ0v) is 28.8. The van der Waals surface area contributed by atoms with Crippen LogP contribution >= 0.6 is 0 Å². The minimum Gasteiger partial charge on any atom is -0.444 e. The van der Waals surface area contributed by atoms with Crippen LogP contribution in [-0.2, 0) is 20.7 Å². The molecule has 1 aromatic heterocycles. The van der Waals surface area contributed by atoms with Crippen LogP contribution in [0.25, 0.3) is 11.1 Å². The second-order valence-corrected chi connectivity index (χ2v) is 13.6. The Balaban J connectivity index is 1.42. The molecule has 0 saturated heterocycles. The van der Waals surface area contributed by atoms with Crippen LogP contribution in [0.4, 0.5) is 10.5 Å². The Hall–Kier alpha value is -4.53. The minimum atomic E-state index is -0.763. The number of nitrogens with one attached hydrogen (secondary N) is 3. The van der Waals surface area contributed by atoms with Crippen molar-refractivity contribution in [1.29, 1.82) is 0 Å². The summed E-state index contributed by atoms with van der Waals surface area (Å²) >= 11 is 0. The number of carbonyl (C=O) groups excluding carboxylic acids is 3. The number of nitrogens with zero attached hydrogens (tertiary/aromatic N) is 2. The second-order valence-electron chi connectivity index (χ2n) is 13.6. The van der Waals surface area contributed by atoms with E-state index in [2.05, 4.69) is 38.9 Å². The minimum absolute atomic E-state index is 0.119. The van der Waals surface area contributed by atoms with Crippen molar-refractivity contribution in [2.24, 2.45) is 16.8 Å². The maximum atomic E-state index is 13.7. The van der Waals surface area contributed by atoms with Crippen LogP contribution in [0.3, 0.4) is 0 Å². The lowest BCUT2D eigenvalue weighted by atomic mass is 9.81. The molecule has 1 unspecified atom stereocenters. The van der Waals surface area contributed by atoms with Crippen LogP contribution < -0.4 is 16.0 Å². The first-order chi connectivity index (χ1) is 22.3. The van der Waals surface area contributed by atoms with Crippen molar-refractivity contribution >= 4 is 29.3 Å². The van der Waals surface area contributed by atoms with E-state index >= 15 is 0 Å². The molecular formula is C38H49N5O4. The van der Waals surface area contributed by atoms with E-state index in [9.17, 15) is 14.4 Å². The van der Waals surface area contributed by atoms with Crippen LogP contribution in [0.2, 0.25) is 0 Å². The standard InChI is InChI=1S/C38H49N5O4/c1-24-20-25(2)40-23-33(24)30-12-8-27(9-13-30)21-34(36(45)42-32-18-16-29(17-19-32)26(3)39-7)43-35(44)31-14-10-28(11-15-31)22-41-37(46)47-38(4,5)6/h8-9,12-13,16-20,23,28,31,34H,10-11,14-15,21-22H2,1-7H3,(H,41,46)(H,42,45)(H,43,44). The normalized spacial score (nSPS) is 17.4. The summed E-state index contributed by atoms with van der Waals surface area (Å²) in [7, 11) is 1.75. The molecule has 3 N–H and O–H groups in total. The Morgan fingerprint density at radius 3 is 2.23 bits per heavy atom. The van der Waals surface area contributed by atoms with E-state index in [0.717, 1.165) is 52.1 Å². The van der Waals surface area contributed by atoms with Crippen LogP contribution in [0.15, 0.2) is 65.8 Å². The summed E-state index contributed by atoms with van der Waals surface area (Å²) in [5, 5.41) is 8.94. The van der Waals surface area contributed by atoms with Gasteiger partial charge in [-0.3, -0.25) is 19.6 Å². The fourth-order valence-electron chi connectivity index (χ4n) is 5.88. The third kappa shape index (κ3) is 10.5. The molecule has 0 spiro atoms. The van der Waals surface area contributed by atoms with Gasteiger partial charge in [0.2, 0.25) is 11.8 Å². The predicted octanol–water partition coefficient (Wildman–Crippen LogP) is 6.80. The van der Waals surface area contributed by atoms with Gasteiger partial charge in [0.05, 0.1) is 0 Å². The number of aromatic nitrogens is 1. The fourth-order valence-corrected chi connectivity index (χ4v) is 5.88. The summed E-state index contributed by atoms with van der Waals surface area (Å²) in [5.74, 6) is -0.310. The average Bonchev–Trinajstić information content (AvgIpc) is 3.03. The second kappa shape index (κ2) is 15.8. The largest absolute Gasteiger partial charge is 0.444 e. The zero-order chi connectivity index (χ0) is 34.1. The van der Waals surface area contributed by atoms with E-state index in [0.29, 0.717) is 31.5 Å². The third-order valence-corrected chi connectivity index (χ3v) is 8.64. The highest BCUT2D eigenvalue weighted by atomic mass is 16.6. The predicted molar refractivity (Wildman–Crippen MR) is 188 cm³/mol. The molecule has 0 radical (unpaired) electrons. The van der Waals surface area contributed by atoms with Crippen molar-refractivity contribution in [2.45, 2.75) is 85.3 Å². The summed E-state index contributed by atoms with van der Waals surface area (Å²) in [6.45, 7) is 12.0. The summed E-state index contributed by atoms with van der Waals surface area (Å²) in [4.78, 5) is 48.0. The SMILES string of the molecule is CN=C(C)c1ccc(NC(=O)C(Cc2ccc(-c3cnc(C)cc3C)cc2)NC(=O)C2CCC(CNC(=O)OC(C)(C)C)CC2)cc1. The van der Waals surface area contributed by atoms with Gasteiger partial charge in [0.15, 0.2) is 0 Å². The van der Waals surface area contributed by atoms with Gasteiger partial charge in [0, 0.05) is 54.8 Å². The number of rotatable bonds is 10. The van der Waals surface area contributed by atoms with Gasteiger partial charge in [-0.05, 0) is 114 Å². The van der Waals surface area contributed by atoms with Crippen molar-refractivity contribution in [3.05, 3.63) is 83.2 Å². The molecule has 3 aromatic rings. The van der Waals surface area contributed by atoms with Gasteiger partial charge in [-0.15, -0.1) is 0 Å². The number of pyridine rings is 1. The lowest BCUT2D eigenvalue weighted by Crippen LogP contribution is -2.48. The van der Waals surface area contributed by atoms with Gasteiger partial charge in [0.1, 0.15) is 11.6 Å².